The van der Waals surface area contributed by atoms with Crippen LogP contribution in [0, 0.1) is 17.8 Å². The van der Waals surface area contributed by atoms with Crippen LogP contribution in [-0.4, -0.2) is 32.5 Å². The Hall–Kier alpha value is -0.0900. The summed E-state index contributed by atoms with van der Waals surface area (Å²) in [6.45, 7) is 9.93. The second kappa shape index (κ2) is 7.07. The van der Waals surface area contributed by atoms with E-state index in [1.54, 1.807) is 0 Å². The Morgan fingerprint density at radius 2 is 1.79 bits per heavy atom. The molecule has 1 saturated carbocycles. The van der Waals surface area contributed by atoms with E-state index in [-0.39, 0.29) is 5.25 Å². The molecule has 0 aromatic rings. The smallest absolute Gasteiger partial charge is 0.150 e. The number of nitrogens with one attached hydrogen (secondary N) is 1. The van der Waals surface area contributed by atoms with Crippen molar-refractivity contribution in [2.45, 2.75) is 64.7 Å². The van der Waals surface area contributed by atoms with Crippen LogP contribution < -0.4 is 5.32 Å². The summed E-state index contributed by atoms with van der Waals surface area (Å²) < 4.78 is 23.5. The second-order valence-electron chi connectivity index (χ2n) is 6.78. The molecule has 0 spiro atoms. The minimum absolute atomic E-state index is 0.0982. The van der Waals surface area contributed by atoms with Gasteiger partial charge >= 0.3 is 0 Å². The predicted octanol–water partition coefficient (Wildman–Crippen LogP) is 2.86. The molecule has 3 nitrogen and oxygen atoms in total. The third-order valence-electron chi connectivity index (χ3n) is 4.76. The van der Waals surface area contributed by atoms with Gasteiger partial charge in [-0.05, 0) is 37.1 Å². The van der Waals surface area contributed by atoms with Gasteiger partial charge in [0.25, 0.3) is 0 Å². The fraction of sp³-hybridized carbons (Fsp3) is 1.00. The van der Waals surface area contributed by atoms with Gasteiger partial charge in [-0.3, -0.25) is 0 Å². The van der Waals surface area contributed by atoms with Crippen molar-refractivity contribution in [1.29, 1.82) is 0 Å². The summed E-state index contributed by atoms with van der Waals surface area (Å²) in [4.78, 5) is 0. The Morgan fingerprint density at radius 1 is 1.16 bits per heavy atom. The molecule has 1 N–H and O–H groups in total. The zero-order chi connectivity index (χ0) is 14.6. The Bertz CT molecular complexity index is 364. The first-order valence-corrected chi connectivity index (χ1v) is 9.59. The lowest BCUT2D eigenvalue weighted by Gasteiger charge is -2.35. The highest BCUT2D eigenvalue weighted by Gasteiger charge is 2.33. The molecular formula is C15H31NO2S. The van der Waals surface area contributed by atoms with Crippen LogP contribution in [-0.2, 0) is 9.84 Å². The van der Waals surface area contributed by atoms with E-state index in [9.17, 15) is 8.42 Å². The maximum atomic E-state index is 11.7. The maximum absolute atomic E-state index is 11.7. The summed E-state index contributed by atoms with van der Waals surface area (Å²) in [6, 6.07) is 0.518. The van der Waals surface area contributed by atoms with Crippen LogP contribution in [0.5, 0.6) is 0 Å². The van der Waals surface area contributed by atoms with Gasteiger partial charge in [0.1, 0.15) is 9.84 Å². The molecule has 0 bridgehead atoms. The molecule has 1 fully saturated rings. The zero-order valence-electron chi connectivity index (χ0n) is 13.1. The summed E-state index contributed by atoms with van der Waals surface area (Å²) >= 11 is 0. The molecule has 0 amide bonds. The van der Waals surface area contributed by atoms with E-state index in [0.29, 0.717) is 23.8 Å². The minimum atomic E-state index is -2.86. The van der Waals surface area contributed by atoms with E-state index in [1.165, 1.54) is 12.7 Å². The third kappa shape index (κ3) is 5.42. The quantitative estimate of drug-likeness (QED) is 0.818. The van der Waals surface area contributed by atoms with Gasteiger partial charge in [0.05, 0.1) is 5.25 Å². The molecule has 4 unspecified atom stereocenters. The molecular weight excluding hydrogens is 258 g/mol. The highest BCUT2D eigenvalue weighted by Crippen LogP contribution is 2.36. The van der Waals surface area contributed by atoms with Gasteiger partial charge in [-0.2, -0.15) is 0 Å². The first-order chi connectivity index (χ1) is 8.71. The Balaban J connectivity index is 2.54. The largest absolute Gasteiger partial charge is 0.314 e. The van der Waals surface area contributed by atoms with E-state index in [4.69, 9.17) is 0 Å². The fourth-order valence-electron chi connectivity index (χ4n) is 3.12. The molecule has 0 heterocycles. The topological polar surface area (TPSA) is 46.2 Å². The van der Waals surface area contributed by atoms with E-state index in [2.05, 4.69) is 33.0 Å². The van der Waals surface area contributed by atoms with Gasteiger partial charge < -0.3 is 5.32 Å². The molecule has 19 heavy (non-hydrogen) atoms. The van der Waals surface area contributed by atoms with Crippen molar-refractivity contribution in [2.24, 2.45) is 17.8 Å². The lowest BCUT2D eigenvalue weighted by atomic mass is 9.75. The summed E-state index contributed by atoms with van der Waals surface area (Å²) in [5.41, 5.74) is 0. The molecule has 0 saturated heterocycles. The first kappa shape index (κ1) is 17.0. The molecule has 0 aromatic heterocycles. The van der Waals surface area contributed by atoms with Gasteiger partial charge in [0.15, 0.2) is 0 Å². The average Bonchev–Trinajstić information content (AvgIpc) is 2.34. The Labute approximate surface area is 119 Å². The average molecular weight is 289 g/mol. The SMILES string of the molecule is CC(C)NCC(C)C(C)C1CCCC(S(C)(=O)=O)C1. The lowest BCUT2D eigenvalue weighted by Crippen LogP contribution is -2.36. The van der Waals surface area contributed by atoms with Crippen molar-refractivity contribution in [3.05, 3.63) is 0 Å². The van der Waals surface area contributed by atoms with Crippen LogP contribution in [0.25, 0.3) is 0 Å². The zero-order valence-corrected chi connectivity index (χ0v) is 14.0. The third-order valence-corrected chi connectivity index (χ3v) is 6.40. The van der Waals surface area contributed by atoms with Crippen molar-refractivity contribution < 1.29 is 8.42 Å². The van der Waals surface area contributed by atoms with Crippen LogP contribution in [0.2, 0.25) is 0 Å². The van der Waals surface area contributed by atoms with E-state index in [1.807, 2.05) is 0 Å². The molecule has 0 aliphatic heterocycles. The van der Waals surface area contributed by atoms with E-state index < -0.39 is 9.84 Å². The van der Waals surface area contributed by atoms with Crippen molar-refractivity contribution in [1.82, 2.24) is 5.32 Å². The predicted molar refractivity (Wildman–Crippen MR) is 82.1 cm³/mol. The standard InChI is InChI=1S/C15H31NO2S/c1-11(2)16-10-12(3)13(4)14-7-6-8-15(9-14)19(5,17)18/h11-16H,6-10H2,1-5H3. The van der Waals surface area contributed by atoms with Crippen molar-refractivity contribution in [3.63, 3.8) is 0 Å². The maximum Gasteiger partial charge on any atom is 0.150 e. The van der Waals surface area contributed by atoms with Gasteiger partial charge in [-0.1, -0.05) is 40.5 Å². The molecule has 1 rings (SSSR count). The van der Waals surface area contributed by atoms with Crippen molar-refractivity contribution >= 4 is 9.84 Å². The number of hydrogen-bond donors (Lipinski definition) is 1. The van der Waals surface area contributed by atoms with Crippen LogP contribution in [0.1, 0.15) is 53.4 Å². The molecule has 114 valence electrons. The monoisotopic (exact) mass is 289 g/mol. The van der Waals surface area contributed by atoms with Gasteiger partial charge in [-0.25, -0.2) is 8.42 Å². The van der Waals surface area contributed by atoms with Gasteiger partial charge in [0, 0.05) is 12.3 Å². The van der Waals surface area contributed by atoms with Crippen LogP contribution in [0.3, 0.4) is 0 Å². The van der Waals surface area contributed by atoms with Crippen LogP contribution in [0.15, 0.2) is 0 Å². The van der Waals surface area contributed by atoms with Crippen molar-refractivity contribution in [3.8, 4) is 0 Å². The molecule has 0 aromatic carbocycles. The molecule has 1 aliphatic carbocycles. The molecule has 0 radical (unpaired) electrons. The molecule has 1 aliphatic rings. The molecule has 4 atom stereocenters. The lowest BCUT2D eigenvalue weighted by molar-refractivity contribution is 0.200. The summed E-state index contributed by atoms with van der Waals surface area (Å²) in [7, 11) is -2.86. The summed E-state index contributed by atoms with van der Waals surface area (Å²) in [6.07, 6.45) is 5.39. The Morgan fingerprint density at radius 3 is 2.32 bits per heavy atom. The Kier molecular flexibility index (Phi) is 6.31. The van der Waals surface area contributed by atoms with Crippen LogP contribution >= 0.6 is 0 Å². The van der Waals surface area contributed by atoms with Crippen LogP contribution in [0.4, 0.5) is 0 Å². The van der Waals surface area contributed by atoms with Crippen molar-refractivity contribution in [2.75, 3.05) is 12.8 Å². The minimum Gasteiger partial charge on any atom is -0.314 e. The normalized spacial score (nSPS) is 28.3. The molecule has 4 heteroatoms. The first-order valence-electron chi connectivity index (χ1n) is 7.64. The van der Waals surface area contributed by atoms with E-state index >= 15 is 0 Å². The highest BCUT2D eigenvalue weighted by molar-refractivity contribution is 7.91. The summed E-state index contributed by atoms with van der Waals surface area (Å²) in [5, 5.41) is 3.39. The van der Waals surface area contributed by atoms with E-state index in [0.717, 1.165) is 25.8 Å². The highest BCUT2D eigenvalue weighted by atomic mass is 32.2. The van der Waals surface area contributed by atoms with Gasteiger partial charge in [0.2, 0.25) is 0 Å². The second-order valence-corrected chi connectivity index (χ2v) is 9.10. The number of sulfone groups is 1. The van der Waals surface area contributed by atoms with Gasteiger partial charge in [-0.15, -0.1) is 0 Å². The number of rotatable bonds is 6. The number of hydrogen-bond acceptors (Lipinski definition) is 3. The summed E-state index contributed by atoms with van der Waals surface area (Å²) in [5.74, 6) is 1.76. The fourth-order valence-corrected chi connectivity index (χ4v) is 4.31.